The molecule has 0 heterocycles. The molecule has 0 atom stereocenters. The molecule has 4 nitrogen and oxygen atoms in total. The van der Waals surface area contributed by atoms with E-state index < -0.39 is 0 Å². The Morgan fingerprint density at radius 3 is 2.71 bits per heavy atom. The van der Waals surface area contributed by atoms with E-state index in [0.717, 1.165) is 4.90 Å². The molecule has 2 aromatic rings. The van der Waals surface area contributed by atoms with Gasteiger partial charge in [0, 0.05) is 26.9 Å². The lowest BCUT2D eigenvalue weighted by Gasteiger charge is -2.12. The van der Waals surface area contributed by atoms with Crippen molar-refractivity contribution in [1.82, 2.24) is 0 Å². The topological polar surface area (TPSA) is 61.4 Å². The Balaban J connectivity index is 2.10. The summed E-state index contributed by atoms with van der Waals surface area (Å²) in [4.78, 5) is 13.1. The molecule has 2 amide bonds. The van der Waals surface area contributed by atoms with Crippen LogP contribution >= 0.6 is 23.4 Å². The van der Waals surface area contributed by atoms with Crippen LogP contribution in [-0.2, 0) is 6.61 Å². The van der Waals surface area contributed by atoms with Crippen molar-refractivity contribution >= 4 is 40.8 Å². The summed E-state index contributed by atoms with van der Waals surface area (Å²) in [5.74, 6) is 0. The molecule has 0 radical (unpaired) electrons. The van der Waals surface area contributed by atoms with Gasteiger partial charge in [-0.15, -0.1) is 11.8 Å². The average Bonchev–Trinajstić information content (AvgIpc) is 2.47. The second kappa shape index (κ2) is 7.36. The number of aliphatic hydroxyl groups excluding tert-OH is 1. The smallest absolute Gasteiger partial charge is 0.323 e. The van der Waals surface area contributed by atoms with Gasteiger partial charge in [-0.1, -0.05) is 23.7 Å². The van der Waals surface area contributed by atoms with Crippen LogP contribution < -0.4 is 10.6 Å². The highest BCUT2D eigenvalue weighted by Crippen LogP contribution is 2.24. The molecular formula is C15H15ClN2O2S. The number of anilines is 2. The van der Waals surface area contributed by atoms with E-state index in [9.17, 15) is 9.90 Å². The third kappa shape index (κ3) is 4.14. The van der Waals surface area contributed by atoms with Crippen LogP contribution in [0.1, 0.15) is 5.56 Å². The Morgan fingerprint density at radius 1 is 1.24 bits per heavy atom. The first-order valence-electron chi connectivity index (χ1n) is 6.24. The van der Waals surface area contributed by atoms with Gasteiger partial charge in [0.1, 0.15) is 0 Å². The summed E-state index contributed by atoms with van der Waals surface area (Å²) < 4.78 is 0. The van der Waals surface area contributed by atoms with Gasteiger partial charge in [0.05, 0.1) is 6.61 Å². The zero-order valence-electron chi connectivity index (χ0n) is 11.4. The predicted octanol–water partition coefficient (Wildman–Crippen LogP) is 4.20. The van der Waals surface area contributed by atoms with Crippen LogP contribution in [0.4, 0.5) is 16.2 Å². The number of nitrogens with one attached hydrogen (secondary N) is 2. The third-order valence-electron chi connectivity index (χ3n) is 2.85. The average molecular weight is 323 g/mol. The van der Waals surface area contributed by atoms with E-state index in [1.807, 2.05) is 30.5 Å². The molecule has 0 aliphatic rings. The van der Waals surface area contributed by atoms with Crippen molar-refractivity contribution in [3.63, 3.8) is 0 Å². The predicted molar refractivity (Wildman–Crippen MR) is 88.2 cm³/mol. The molecule has 0 spiro atoms. The van der Waals surface area contributed by atoms with Gasteiger partial charge in [-0.3, -0.25) is 0 Å². The molecular weight excluding hydrogens is 308 g/mol. The zero-order chi connectivity index (χ0) is 15.2. The van der Waals surface area contributed by atoms with E-state index in [1.54, 1.807) is 30.0 Å². The number of amides is 2. The summed E-state index contributed by atoms with van der Waals surface area (Å²) >= 11 is 7.58. The molecule has 0 saturated carbocycles. The van der Waals surface area contributed by atoms with Gasteiger partial charge in [-0.05, 0) is 36.6 Å². The Labute approximate surface area is 132 Å². The van der Waals surface area contributed by atoms with Crippen molar-refractivity contribution in [2.24, 2.45) is 0 Å². The van der Waals surface area contributed by atoms with Gasteiger partial charge in [0.25, 0.3) is 0 Å². The highest BCUT2D eigenvalue weighted by molar-refractivity contribution is 7.98. The van der Waals surface area contributed by atoms with Crippen LogP contribution in [0.15, 0.2) is 47.4 Å². The molecule has 21 heavy (non-hydrogen) atoms. The molecule has 6 heteroatoms. The second-order valence-electron chi connectivity index (χ2n) is 4.24. The first-order valence-corrected chi connectivity index (χ1v) is 7.84. The minimum absolute atomic E-state index is 0.239. The quantitative estimate of drug-likeness (QED) is 0.739. The maximum absolute atomic E-state index is 12.0. The number of halogens is 1. The number of urea groups is 1. The van der Waals surface area contributed by atoms with Crippen LogP contribution in [0.5, 0.6) is 0 Å². The molecule has 0 fully saturated rings. The fraction of sp³-hybridized carbons (Fsp3) is 0.133. The van der Waals surface area contributed by atoms with Gasteiger partial charge in [-0.25, -0.2) is 4.79 Å². The minimum atomic E-state index is -0.384. The number of benzene rings is 2. The maximum atomic E-state index is 12.0. The van der Waals surface area contributed by atoms with E-state index in [-0.39, 0.29) is 12.6 Å². The number of rotatable bonds is 4. The summed E-state index contributed by atoms with van der Waals surface area (Å²) in [5.41, 5.74) is 1.68. The maximum Gasteiger partial charge on any atom is 0.323 e. The Hall–Kier alpha value is -1.69. The highest BCUT2D eigenvalue weighted by Gasteiger charge is 2.09. The van der Waals surface area contributed by atoms with Crippen LogP contribution in [0.3, 0.4) is 0 Å². The van der Waals surface area contributed by atoms with Crippen molar-refractivity contribution in [3.8, 4) is 0 Å². The van der Waals surface area contributed by atoms with Crippen molar-refractivity contribution < 1.29 is 9.90 Å². The number of carbonyl (C=O) groups excluding carboxylic acids is 1. The van der Waals surface area contributed by atoms with E-state index >= 15 is 0 Å². The molecule has 2 aromatic carbocycles. The van der Waals surface area contributed by atoms with Crippen LogP contribution in [0, 0.1) is 0 Å². The molecule has 0 aliphatic heterocycles. The van der Waals surface area contributed by atoms with Crippen LogP contribution in [0.2, 0.25) is 5.02 Å². The monoisotopic (exact) mass is 322 g/mol. The van der Waals surface area contributed by atoms with E-state index in [1.165, 1.54) is 0 Å². The van der Waals surface area contributed by atoms with Crippen molar-refractivity contribution in [2.45, 2.75) is 11.5 Å². The lowest BCUT2D eigenvalue weighted by Crippen LogP contribution is -2.20. The SMILES string of the molecule is CSc1cccc(NC(=O)Nc2cccc(Cl)c2CO)c1. The lowest BCUT2D eigenvalue weighted by atomic mass is 10.2. The van der Waals surface area contributed by atoms with Gasteiger partial charge in [0.2, 0.25) is 0 Å². The standard InChI is InChI=1S/C15H15ClN2O2S/c1-21-11-5-2-4-10(8-11)17-15(20)18-14-7-3-6-13(16)12(14)9-19/h2-8,19H,9H2,1H3,(H2,17,18,20). The molecule has 110 valence electrons. The fourth-order valence-corrected chi connectivity index (χ4v) is 2.52. The number of aliphatic hydroxyl groups is 1. The van der Waals surface area contributed by atoms with Gasteiger partial charge < -0.3 is 15.7 Å². The number of thioether (sulfide) groups is 1. The first kappa shape index (κ1) is 15.7. The summed E-state index contributed by atoms with van der Waals surface area (Å²) in [6, 6.07) is 12.2. The largest absolute Gasteiger partial charge is 0.392 e. The van der Waals surface area contributed by atoms with Crippen LogP contribution in [-0.4, -0.2) is 17.4 Å². The second-order valence-corrected chi connectivity index (χ2v) is 5.52. The summed E-state index contributed by atoms with van der Waals surface area (Å²) in [6.07, 6.45) is 1.97. The Morgan fingerprint density at radius 2 is 2.00 bits per heavy atom. The van der Waals surface area contributed by atoms with Gasteiger partial charge >= 0.3 is 6.03 Å². The van der Waals surface area contributed by atoms with E-state index in [2.05, 4.69) is 10.6 Å². The number of carbonyl (C=O) groups is 1. The normalized spacial score (nSPS) is 10.2. The number of hydrogen-bond acceptors (Lipinski definition) is 3. The fourth-order valence-electron chi connectivity index (χ4n) is 1.82. The third-order valence-corrected chi connectivity index (χ3v) is 3.93. The molecule has 3 N–H and O–H groups in total. The first-order chi connectivity index (χ1) is 10.1. The Bertz CT molecular complexity index is 649. The molecule has 0 saturated heterocycles. The van der Waals surface area contributed by atoms with E-state index in [0.29, 0.717) is 22.0 Å². The molecule has 0 unspecified atom stereocenters. The Kier molecular flexibility index (Phi) is 5.50. The highest BCUT2D eigenvalue weighted by atomic mass is 35.5. The van der Waals surface area contributed by atoms with Gasteiger partial charge in [0.15, 0.2) is 0 Å². The minimum Gasteiger partial charge on any atom is -0.392 e. The van der Waals surface area contributed by atoms with Crippen molar-refractivity contribution in [3.05, 3.63) is 53.1 Å². The zero-order valence-corrected chi connectivity index (χ0v) is 13.0. The lowest BCUT2D eigenvalue weighted by molar-refractivity contribution is 0.262. The molecule has 0 aromatic heterocycles. The number of hydrogen-bond donors (Lipinski definition) is 3. The summed E-state index contributed by atoms with van der Waals surface area (Å²) in [6.45, 7) is -0.239. The molecule has 0 bridgehead atoms. The molecule has 0 aliphatic carbocycles. The van der Waals surface area contributed by atoms with Crippen molar-refractivity contribution in [2.75, 3.05) is 16.9 Å². The summed E-state index contributed by atoms with van der Waals surface area (Å²) in [7, 11) is 0. The van der Waals surface area contributed by atoms with Crippen molar-refractivity contribution in [1.29, 1.82) is 0 Å². The van der Waals surface area contributed by atoms with E-state index in [4.69, 9.17) is 11.6 Å². The van der Waals surface area contributed by atoms with Gasteiger partial charge in [-0.2, -0.15) is 0 Å². The van der Waals surface area contributed by atoms with Crippen LogP contribution in [0.25, 0.3) is 0 Å². The summed E-state index contributed by atoms with van der Waals surface area (Å²) in [5, 5.41) is 15.2. The molecule has 2 rings (SSSR count).